The molecule has 0 spiro atoms. The normalized spacial score (nSPS) is 16.0. The Morgan fingerprint density at radius 1 is 0.964 bits per heavy atom. The minimum atomic E-state index is -0.229. The third-order valence-corrected chi connectivity index (χ3v) is 5.47. The van der Waals surface area contributed by atoms with Gasteiger partial charge in [0.15, 0.2) is 0 Å². The Hall–Kier alpha value is -3.35. The zero-order valence-corrected chi connectivity index (χ0v) is 15.6. The van der Waals surface area contributed by atoms with Crippen molar-refractivity contribution >= 4 is 17.3 Å². The number of hydrogen-bond donors (Lipinski definition) is 2. The fourth-order valence-electron chi connectivity index (χ4n) is 4.03. The van der Waals surface area contributed by atoms with Gasteiger partial charge < -0.3 is 20.1 Å². The molecule has 28 heavy (non-hydrogen) atoms. The first-order chi connectivity index (χ1) is 13.8. The lowest BCUT2D eigenvalue weighted by molar-refractivity contribution is 0.640. The van der Waals surface area contributed by atoms with Crippen molar-refractivity contribution < 1.29 is 0 Å². The van der Waals surface area contributed by atoms with Crippen LogP contribution in [0.2, 0.25) is 0 Å². The van der Waals surface area contributed by atoms with Gasteiger partial charge in [-0.2, -0.15) is 4.98 Å². The molecule has 1 saturated heterocycles. The summed E-state index contributed by atoms with van der Waals surface area (Å²) in [4.78, 5) is 28.3. The number of para-hydroxylation sites is 1. The molecule has 7 nitrogen and oxygen atoms in total. The molecule has 2 aliphatic heterocycles. The van der Waals surface area contributed by atoms with Crippen molar-refractivity contribution in [2.45, 2.75) is 6.42 Å². The molecule has 5 rings (SSSR count). The number of aromatic amines is 1. The van der Waals surface area contributed by atoms with Crippen molar-refractivity contribution in [2.75, 3.05) is 47.8 Å². The van der Waals surface area contributed by atoms with E-state index in [4.69, 9.17) is 0 Å². The molecule has 3 aromatic rings. The number of fused-ring (bicyclic) bond motifs is 1. The van der Waals surface area contributed by atoms with Gasteiger partial charge in [0.25, 0.3) is 5.56 Å². The Bertz CT molecular complexity index is 1040. The number of anilines is 3. The summed E-state index contributed by atoms with van der Waals surface area (Å²) in [5.41, 5.74) is 5.43. The van der Waals surface area contributed by atoms with E-state index < -0.39 is 0 Å². The average molecular weight is 374 g/mol. The highest BCUT2D eigenvalue weighted by Gasteiger charge is 2.23. The number of piperazine rings is 1. The van der Waals surface area contributed by atoms with Gasteiger partial charge >= 0.3 is 0 Å². The van der Waals surface area contributed by atoms with Gasteiger partial charge in [0.05, 0.1) is 17.1 Å². The quantitative estimate of drug-likeness (QED) is 0.731. The van der Waals surface area contributed by atoms with Gasteiger partial charge in [-0.05, 0) is 30.2 Å². The molecule has 0 unspecified atom stereocenters. The Kier molecular flexibility index (Phi) is 4.20. The average Bonchev–Trinajstić information content (AvgIpc) is 3.23. The lowest BCUT2D eigenvalue weighted by Crippen LogP contribution is -2.47. The van der Waals surface area contributed by atoms with Crippen LogP contribution in [0.5, 0.6) is 0 Å². The highest BCUT2D eigenvalue weighted by molar-refractivity contribution is 5.76. The number of nitrogens with one attached hydrogen (secondary N) is 2. The predicted molar refractivity (Wildman–Crippen MR) is 111 cm³/mol. The van der Waals surface area contributed by atoms with Crippen molar-refractivity contribution in [3.05, 3.63) is 64.7 Å². The molecule has 2 N–H and O–H groups in total. The minimum absolute atomic E-state index is 0.229. The fourth-order valence-corrected chi connectivity index (χ4v) is 4.03. The Morgan fingerprint density at radius 3 is 2.57 bits per heavy atom. The lowest BCUT2D eigenvalue weighted by atomic mass is 10.1. The first-order valence-corrected chi connectivity index (χ1v) is 9.65. The number of benzene rings is 1. The minimum Gasteiger partial charge on any atom is -0.383 e. The van der Waals surface area contributed by atoms with Crippen LogP contribution >= 0.6 is 0 Å². The van der Waals surface area contributed by atoms with E-state index >= 15 is 0 Å². The summed E-state index contributed by atoms with van der Waals surface area (Å²) in [7, 11) is 0. The van der Waals surface area contributed by atoms with Crippen LogP contribution in [0.4, 0.5) is 17.3 Å². The van der Waals surface area contributed by atoms with Gasteiger partial charge in [-0.3, -0.25) is 9.78 Å². The van der Waals surface area contributed by atoms with Crippen LogP contribution < -0.4 is 20.7 Å². The molecule has 0 atom stereocenters. The van der Waals surface area contributed by atoms with Crippen LogP contribution in [-0.2, 0) is 6.42 Å². The maximum atomic E-state index is 12.1. The monoisotopic (exact) mass is 374 g/mol. The molecule has 4 heterocycles. The van der Waals surface area contributed by atoms with Crippen LogP contribution in [0.3, 0.4) is 0 Å². The standard InChI is InChI=1S/C21H22N6O/c28-19-14-17(15-4-7-22-8-5-15)24-21(25-19)27-12-10-26(11-13-27)18-3-1-2-16-6-9-23-20(16)18/h1-5,7-8,14,23H,6,9-13H2,(H,24,25,28). The topological polar surface area (TPSA) is 77.2 Å². The zero-order valence-electron chi connectivity index (χ0n) is 15.6. The van der Waals surface area contributed by atoms with E-state index in [-0.39, 0.29) is 5.56 Å². The summed E-state index contributed by atoms with van der Waals surface area (Å²) in [5, 5.41) is 3.52. The first kappa shape index (κ1) is 16.8. The fraction of sp³-hybridized carbons (Fsp3) is 0.286. The molecule has 0 aliphatic carbocycles. The van der Waals surface area contributed by atoms with Crippen LogP contribution in [0.15, 0.2) is 53.6 Å². The summed E-state index contributed by atoms with van der Waals surface area (Å²) in [5.74, 6) is 0.635. The molecule has 7 heteroatoms. The molecular formula is C21H22N6O. The second kappa shape index (κ2) is 6.99. The predicted octanol–water partition coefficient (Wildman–Crippen LogP) is 2.13. The Balaban J connectivity index is 1.36. The summed E-state index contributed by atoms with van der Waals surface area (Å²) in [6.07, 6.45) is 4.54. The van der Waals surface area contributed by atoms with Gasteiger partial charge in [-0.25, -0.2) is 0 Å². The number of rotatable bonds is 3. The van der Waals surface area contributed by atoms with Gasteiger partial charge in [-0.1, -0.05) is 12.1 Å². The molecular weight excluding hydrogens is 352 g/mol. The van der Waals surface area contributed by atoms with Crippen molar-refractivity contribution in [1.82, 2.24) is 15.0 Å². The van der Waals surface area contributed by atoms with Crippen molar-refractivity contribution in [3.8, 4) is 11.3 Å². The lowest BCUT2D eigenvalue weighted by Gasteiger charge is -2.37. The van der Waals surface area contributed by atoms with Crippen molar-refractivity contribution in [2.24, 2.45) is 0 Å². The first-order valence-electron chi connectivity index (χ1n) is 9.65. The molecule has 2 aromatic heterocycles. The Labute approximate surface area is 163 Å². The van der Waals surface area contributed by atoms with Crippen LogP contribution in [0.1, 0.15) is 5.56 Å². The largest absolute Gasteiger partial charge is 0.383 e. The van der Waals surface area contributed by atoms with E-state index in [1.54, 1.807) is 12.4 Å². The molecule has 2 aliphatic rings. The smallest absolute Gasteiger partial charge is 0.275 e. The third kappa shape index (κ3) is 3.09. The van der Waals surface area contributed by atoms with E-state index in [1.165, 1.54) is 23.0 Å². The van der Waals surface area contributed by atoms with Gasteiger partial charge in [-0.15, -0.1) is 0 Å². The summed E-state index contributed by atoms with van der Waals surface area (Å²) < 4.78 is 0. The Morgan fingerprint density at radius 2 is 1.75 bits per heavy atom. The van der Waals surface area contributed by atoms with Gasteiger partial charge in [0, 0.05) is 56.7 Å². The van der Waals surface area contributed by atoms with E-state index in [0.29, 0.717) is 5.95 Å². The maximum Gasteiger partial charge on any atom is 0.275 e. The molecule has 0 radical (unpaired) electrons. The summed E-state index contributed by atoms with van der Waals surface area (Å²) in [6.45, 7) is 4.42. The molecule has 142 valence electrons. The summed E-state index contributed by atoms with van der Waals surface area (Å²) >= 11 is 0. The second-order valence-electron chi connectivity index (χ2n) is 7.15. The molecule has 0 amide bonds. The van der Waals surface area contributed by atoms with Crippen LogP contribution in [0, 0.1) is 0 Å². The molecule has 0 saturated carbocycles. The number of nitrogens with zero attached hydrogens (tertiary/aromatic N) is 4. The zero-order chi connectivity index (χ0) is 18.9. The van der Waals surface area contributed by atoms with Gasteiger partial charge in [0.1, 0.15) is 0 Å². The van der Waals surface area contributed by atoms with E-state index in [2.05, 4.69) is 48.3 Å². The van der Waals surface area contributed by atoms with E-state index in [9.17, 15) is 4.79 Å². The molecule has 1 fully saturated rings. The van der Waals surface area contributed by atoms with Gasteiger partial charge in [0.2, 0.25) is 5.95 Å². The van der Waals surface area contributed by atoms with Crippen molar-refractivity contribution in [1.29, 1.82) is 0 Å². The number of H-pyrrole nitrogens is 1. The van der Waals surface area contributed by atoms with E-state index in [0.717, 1.165) is 50.4 Å². The van der Waals surface area contributed by atoms with Crippen molar-refractivity contribution in [3.63, 3.8) is 0 Å². The molecule has 0 bridgehead atoms. The maximum absolute atomic E-state index is 12.1. The van der Waals surface area contributed by atoms with Crippen LogP contribution in [-0.4, -0.2) is 47.7 Å². The highest BCUT2D eigenvalue weighted by Crippen LogP contribution is 2.34. The van der Waals surface area contributed by atoms with Crippen LogP contribution in [0.25, 0.3) is 11.3 Å². The third-order valence-electron chi connectivity index (χ3n) is 5.47. The molecule has 1 aromatic carbocycles. The number of aromatic nitrogens is 3. The summed E-state index contributed by atoms with van der Waals surface area (Å²) in [6, 6.07) is 11.8. The number of hydrogen-bond acceptors (Lipinski definition) is 6. The SMILES string of the molecule is O=c1cc(-c2ccncc2)[nH]c(N2CCN(c3cccc4c3NCC4)CC2)n1. The second-order valence-corrected chi connectivity index (χ2v) is 7.15. The van der Waals surface area contributed by atoms with E-state index in [1.807, 2.05) is 12.1 Å². The highest BCUT2D eigenvalue weighted by atomic mass is 16.1. The number of pyridine rings is 1.